The average molecular weight is 425 g/mol. The number of nitrogens with two attached hydrogens (primary N) is 1. The molecule has 2 heterocycles. The standard InChI is InChI=1S/C19H21ClN4OS.ClH/c1-11-14-8-17(18(25)22-9-16(21)12-6-7-12)26-19(14)24(23-11)10-13-4-2-3-5-15(13)20;/h2-5,8,12,16H,6-7,9-10,21H2,1H3,(H,22,25);1H. The van der Waals surface area contributed by atoms with E-state index in [4.69, 9.17) is 17.3 Å². The normalized spacial score (nSPS) is 14.8. The number of rotatable bonds is 6. The Morgan fingerprint density at radius 3 is 2.89 bits per heavy atom. The number of carbonyl (C=O) groups excluding carboxylic acids is 1. The lowest BCUT2D eigenvalue weighted by molar-refractivity contribution is 0.0954. The molecule has 1 fully saturated rings. The van der Waals surface area contributed by atoms with Crippen molar-refractivity contribution in [2.45, 2.75) is 32.4 Å². The Morgan fingerprint density at radius 2 is 2.19 bits per heavy atom. The molecule has 1 aliphatic rings. The molecule has 0 spiro atoms. The molecule has 1 aliphatic carbocycles. The third-order valence-electron chi connectivity index (χ3n) is 4.83. The van der Waals surface area contributed by atoms with Gasteiger partial charge in [0, 0.05) is 23.0 Å². The molecule has 5 nitrogen and oxygen atoms in total. The second kappa shape index (κ2) is 8.19. The molecule has 8 heteroatoms. The number of hydrogen-bond donors (Lipinski definition) is 2. The zero-order valence-corrected chi connectivity index (χ0v) is 17.3. The summed E-state index contributed by atoms with van der Waals surface area (Å²) in [6.45, 7) is 3.07. The Balaban J connectivity index is 0.00000210. The SMILES string of the molecule is Cc1nn(Cc2ccccc2Cl)c2sc(C(=O)NCC(N)C3CC3)cc12.Cl. The zero-order chi connectivity index (χ0) is 18.3. The molecule has 1 atom stereocenters. The summed E-state index contributed by atoms with van der Waals surface area (Å²) in [6.07, 6.45) is 2.36. The van der Waals surface area contributed by atoms with Gasteiger partial charge in [-0.2, -0.15) is 5.10 Å². The minimum atomic E-state index is -0.0639. The van der Waals surface area contributed by atoms with Crippen LogP contribution in [0.25, 0.3) is 10.2 Å². The Bertz CT molecular complexity index is 964. The summed E-state index contributed by atoms with van der Waals surface area (Å²) in [5, 5.41) is 9.31. The van der Waals surface area contributed by atoms with Crippen LogP contribution < -0.4 is 11.1 Å². The van der Waals surface area contributed by atoms with Crippen LogP contribution in [0.2, 0.25) is 5.02 Å². The first-order valence-corrected chi connectivity index (χ1v) is 9.96. The van der Waals surface area contributed by atoms with E-state index in [0.29, 0.717) is 23.9 Å². The van der Waals surface area contributed by atoms with Crippen molar-refractivity contribution >= 4 is 51.5 Å². The number of benzene rings is 1. The molecule has 1 aromatic carbocycles. The lowest BCUT2D eigenvalue weighted by Crippen LogP contribution is -2.38. The number of aryl methyl sites for hydroxylation is 1. The van der Waals surface area contributed by atoms with E-state index < -0.39 is 0 Å². The van der Waals surface area contributed by atoms with E-state index in [-0.39, 0.29) is 24.4 Å². The topological polar surface area (TPSA) is 72.9 Å². The van der Waals surface area contributed by atoms with Crippen LogP contribution in [0.15, 0.2) is 30.3 Å². The van der Waals surface area contributed by atoms with Crippen molar-refractivity contribution in [3.8, 4) is 0 Å². The highest BCUT2D eigenvalue weighted by atomic mass is 35.5. The van der Waals surface area contributed by atoms with Crippen molar-refractivity contribution in [1.82, 2.24) is 15.1 Å². The summed E-state index contributed by atoms with van der Waals surface area (Å²) in [5.41, 5.74) is 7.99. The predicted octanol–water partition coefficient (Wildman–Crippen LogP) is 4.00. The largest absolute Gasteiger partial charge is 0.350 e. The minimum Gasteiger partial charge on any atom is -0.350 e. The Hall–Kier alpha value is -1.60. The molecular weight excluding hydrogens is 403 g/mol. The molecule has 3 aromatic rings. The van der Waals surface area contributed by atoms with Crippen molar-refractivity contribution in [1.29, 1.82) is 0 Å². The molecular formula is C19H22Cl2N4OS. The summed E-state index contributed by atoms with van der Waals surface area (Å²) in [6, 6.07) is 9.72. The van der Waals surface area contributed by atoms with Gasteiger partial charge in [-0.1, -0.05) is 29.8 Å². The van der Waals surface area contributed by atoms with Crippen LogP contribution in [0.4, 0.5) is 0 Å². The van der Waals surface area contributed by atoms with Crippen molar-refractivity contribution in [2.24, 2.45) is 11.7 Å². The maximum Gasteiger partial charge on any atom is 0.261 e. The number of aromatic nitrogens is 2. The monoisotopic (exact) mass is 424 g/mol. The van der Waals surface area contributed by atoms with Crippen molar-refractivity contribution in [3.05, 3.63) is 51.5 Å². The molecule has 144 valence electrons. The van der Waals surface area contributed by atoms with E-state index in [2.05, 4.69) is 10.4 Å². The summed E-state index contributed by atoms with van der Waals surface area (Å²) in [5.74, 6) is 0.509. The Labute approximate surface area is 173 Å². The van der Waals surface area contributed by atoms with E-state index in [1.807, 2.05) is 41.9 Å². The van der Waals surface area contributed by atoms with Crippen LogP contribution in [-0.2, 0) is 6.54 Å². The molecule has 1 amide bonds. The molecule has 0 saturated heterocycles. The highest BCUT2D eigenvalue weighted by Crippen LogP contribution is 2.32. The molecule has 4 rings (SSSR count). The van der Waals surface area contributed by atoms with Crippen molar-refractivity contribution in [3.63, 3.8) is 0 Å². The quantitative estimate of drug-likeness (QED) is 0.627. The third kappa shape index (κ3) is 4.29. The first-order valence-electron chi connectivity index (χ1n) is 8.77. The van der Waals surface area contributed by atoms with Crippen LogP contribution in [0.5, 0.6) is 0 Å². The van der Waals surface area contributed by atoms with Gasteiger partial charge < -0.3 is 11.1 Å². The molecule has 1 unspecified atom stereocenters. The van der Waals surface area contributed by atoms with Gasteiger partial charge in [0.15, 0.2) is 0 Å². The van der Waals surface area contributed by atoms with E-state index in [9.17, 15) is 4.79 Å². The fourth-order valence-corrected chi connectivity index (χ4v) is 4.38. The van der Waals surface area contributed by atoms with Crippen LogP contribution >= 0.6 is 35.3 Å². The van der Waals surface area contributed by atoms with E-state index >= 15 is 0 Å². The summed E-state index contributed by atoms with van der Waals surface area (Å²) < 4.78 is 1.92. The number of thiophene rings is 1. The van der Waals surface area contributed by atoms with Gasteiger partial charge in [-0.05, 0) is 43.4 Å². The van der Waals surface area contributed by atoms with Gasteiger partial charge >= 0.3 is 0 Å². The van der Waals surface area contributed by atoms with Crippen LogP contribution in [0.1, 0.15) is 33.8 Å². The van der Waals surface area contributed by atoms with Gasteiger partial charge in [0.1, 0.15) is 4.83 Å². The number of fused-ring (bicyclic) bond motifs is 1. The number of carbonyl (C=O) groups is 1. The molecule has 27 heavy (non-hydrogen) atoms. The zero-order valence-electron chi connectivity index (χ0n) is 14.9. The van der Waals surface area contributed by atoms with E-state index in [1.54, 1.807) is 0 Å². The van der Waals surface area contributed by atoms with Crippen LogP contribution in [-0.4, -0.2) is 28.3 Å². The molecule has 1 saturated carbocycles. The van der Waals surface area contributed by atoms with Crippen LogP contribution in [0.3, 0.4) is 0 Å². The maximum absolute atomic E-state index is 12.5. The van der Waals surface area contributed by atoms with Crippen LogP contribution in [0, 0.1) is 12.8 Å². The van der Waals surface area contributed by atoms with Gasteiger partial charge in [0.25, 0.3) is 5.91 Å². The Morgan fingerprint density at radius 1 is 1.44 bits per heavy atom. The first kappa shape index (κ1) is 20.1. The number of nitrogens with zero attached hydrogens (tertiary/aromatic N) is 2. The van der Waals surface area contributed by atoms with Gasteiger partial charge in [-0.15, -0.1) is 23.7 Å². The molecule has 3 N–H and O–H groups in total. The van der Waals surface area contributed by atoms with E-state index in [0.717, 1.165) is 26.5 Å². The average Bonchev–Trinajstić information content (AvgIpc) is 3.31. The second-order valence-electron chi connectivity index (χ2n) is 6.88. The molecule has 2 aromatic heterocycles. The lowest BCUT2D eigenvalue weighted by atomic mass is 10.2. The molecule has 0 radical (unpaired) electrons. The van der Waals surface area contributed by atoms with E-state index in [1.165, 1.54) is 24.2 Å². The van der Waals surface area contributed by atoms with Crippen molar-refractivity contribution < 1.29 is 4.79 Å². The van der Waals surface area contributed by atoms with Gasteiger partial charge in [0.05, 0.1) is 17.1 Å². The lowest BCUT2D eigenvalue weighted by Gasteiger charge is -2.10. The predicted molar refractivity (Wildman–Crippen MR) is 113 cm³/mol. The second-order valence-corrected chi connectivity index (χ2v) is 8.31. The molecule has 0 bridgehead atoms. The number of hydrogen-bond acceptors (Lipinski definition) is 4. The third-order valence-corrected chi connectivity index (χ3v) is 6.35. The van der Waals surface area contributed by atoms with Gasteiger partial charge in [-0.3, -0.25) is 9.48 Å². The van der Waals surface area contributed by atoms with Crippen molar-refractivity contribution in [2.75, 3.05) is 6.54 Å². The maximum atomic E-state index is 12.5. The Kier molecular flexibility index (Phi) is 6.11. The number of halogens is 2. The fourth-order valence-electron chi connectivity index (χ4n) is 3.11. The van der Waals surface area contributed by atoms with Gasteiger partial charge in [-0.25, -0.2) is 0 Å². The number of amides is 1. The molecule has 0 aliphatic heterocycles. The first-order chi connectivity index (χ1) is 12.5. The van der Waals surface area contributed by atoms with Gasteiger partial charge in [0.2, 0.25) is 0 Å². The summed E-state index contributed by atoms with van der Waals surface area (Å²) in [7, 11) is 0. The fraction of sp³-hybridized carbons (Fsp3) is 0.368. The highest BCUT2D eigenvalue weighted by Gasteiger charge is 2.28. The smallest absolute Gasteiger partial charge is 0.261 e. The highest BCUT2D eigenvalue weighted by molar-refractivity contribution is 7.20. The number of nitrogens with one attached hydrogen (secondary N) is 1. The summed E-state index contributed by atoms with van der Waals surface area (Å²) >= 11 is 7.73. The minimum absolute atomic E-state index is 0. The summed E-state index contributed by atoms with van der Waals surface area (Å²) in [4.78, 5) is 14.2.